The summed E-state index contributed by atoms with van der Waals surface area (Å²) >= 11 is 6.36. The Kier molecular flexibility index (Phi) is 6.65. The van der Waals surface area contributed by atoms with Gasteiger partial charge < -0.3 is 23.8 Å². The van der Waals surface area contributed by atoms with E-state index in [0.29, 0.717) is 30.8 Å². The van der Waals surface area contributed by atoms with Gasteiger partial charge >= 0.3 is 17.9 Å². The normalized spacial score (nSPS) is 24.3. The van der Waals surface area contributed by atoms with Crippen LogP contribution in [0.1, 0.15) is 42.9 Å². The van der Waals surface area contributed by atoms with Gasteiger partial charge in [-0.05, 0) is 23.6 Å². The van der Waals surface area contributed by atoms with Crippen LogP contribution in [0.15, 0.2) is 30.6 Å². The van der Waals surface area contributed by atoms with Gasteiger partial charge in [-0.2, -0.15) is 9.97 Å². The van der Waals surface area contributed by atoms with E-state index in [1.807, 2.05) is 29.2 Å². The van der Waals surface area contributed by atoms with E-state index in [9.17, 15) is 19.2 Å². The van der Waals surface area contributed by atoms with Crippen LogP contribution in [0.25, 0.3) is 11.2 Å². The molecule has 2 fully saturated rings. The summed E-state index contributed by atoms with van der Waals surface area (Å²) in [5.74, 6) is -1.27. The van der Waals surface area contributed by atoms with Crippen LogP contribution in [-0.2, 0) is 39.8 Å². The first-order valence-electron chi connectivity index (χ1n) is 13.0. The molecule has 1 aromatic carbocycles. The van der Waals surface area contributed by atoms with E-state index >= 15 is 0 Å². The van der Waals surface area contributed by atoms with Gasteiger partial charge in [0.25, 0.3) is 0 Å². The van der Waals surface area contributed by atoms with Gasteiger partial charge in [-0.25, -0.2) is 4.98 Å². The van der Waals surface area contributed by atoms with Crippen LogP contribution in [-0.4, -0.2) is 81.2 Å². The Morgan fingerprint density at radius 2 is 1.76 bits per heavy atom. The van der Waals surface area contributed by atoms with E-state index in [1.54, 1.807) is 0 Å². The second-order valence-corrected chi connectivity index (χ2v) is 10.8. The van der Waals surface area contributed by atoms with Crippen molar-refractivity contribution in [3.63, 3.8) is 0 Å². The standard InChI is InChI=1S/C27H26ClN5O8/c1-13(34)38-9-18-20(39-14(2)35)21(40-15(3)36)25(41-18)33-12-29-19-23(30-26(28)31-24(19)33)32-10-27(11-32)8-16-6-4-5-7-17(16)22(27)37/h4-7,12,18,20-21,25H,8-11H2,1-3H3/t18-,20-,21-,25-/m1/s1. The van der Waals surface area contributed by atoms with Gasteiger partial charge in [-0.1, -0.05) is 24.3 Å². The van der Waals surface area contributed by atoms with E-state index in [-0.39, 0.29) is 23.3 Å². The third-order valence-electron chi connectivity index (χ3n) is 7.55. The molecule has 1 spiro atoms. The Hall–Kier alpha value is -4.10. The minimum absolute atomic E-state index is 0.0636. The zero-order valence-corrected chi connectivity index (χ0v) is 23.2. The molecule has 0 unspecified atom stereocenters. The lowest BCUT2D eigenvalue weighted by Gasteiger charge is -2.47. The summed E-state index contributed by atoms with van der Waals surface area (Å²) in [6.07, 6.45) is -2.12. The molecular weight excluding hydrogens is 558 g/mol. The minimum Gasteiger partial charge on any atom is -0.463 e. The summed E-state index contributed by atoms with van der Waals surface area (Å²) in [7, 11) is 0. The molecule has 6 rings (SSSR count). The van der Waals surface area contributed by atoms with Crippen molar-refractivity contribution in [2.45, 2.75) is 51.7 Å². The largest absolute Gasteiger partial charge is 0.463 e. The number of nitrogens with zero attached hydrogens (tertiary/aromatic N) is 5. The molecule has 2 aromatic heterocycles. The predicted molar refractivity (Wildman–Crippen MR) is 141 cm³/mol. The molecular formula is C27H26ClN5O8. The number of halogens is 1. The summed E-state index contributed by atoms with van der Waals surface area (Å²) in [6.45, 7) is 4.28. The maximum Gasteiger partial charge on any atom is 0.303 e. The SMILES string of the molecule is CC(=O)OC[C@H]1O[C@@H](n2cnc3c(N4CC5(Cc6ccccc6C5=O)C4)nc(Cl)nc32)[C@H](OC(C)=O)[C@@H]1OC(C)=O. The number of carbonyl (C=O) groups excluding carboxylic acids is 4. The number of ketones is 1. The van der Waals surface area contributed by atoms with Gasteiger partial charge in [0.05, 0.1) is 11.7 Å². The summed E-state index contributed by atoms with van der Waals surface area (Å²) < 4.78 is 23.7. The predicted octanol–water partition coefficient (Wildman–Crippen LogP) is 2.05. The van der Waals surface area contributed by atoms with Crippen LogP contribution in [0.5, 0.6) is 0 Å². The van der Waals surface area contributed by atoms with Crippen molar-refractivity contribution in [2.75, 3.05) is 24.6 Å². The van der Waals surface area contributed by atoms with E-state index in [0.717, 1.165) is 11.1 Å². The third kappa shape index (κ3) is 4.68. The number of rotatable bonds is 6. The fraction of sp³-hybridized carbons (Fsp3) is 0.444. The maximum atomic E-state index is 13.2. The number of anilines is 1. The highest BCUT2D eigenvalue weighted by atomic mass is 35.5. The molecule has 0 N–H and O–H groups in total. The van der Waals surface area contributed by atoms with Crippen molar-refractivity contribution in [2.24, 2.45) is 5.41 Å². The molecule has 3 aromatic rings. The highest BCUT2D eigenvalue weighted by Gasteiger charge is 2.55. The summed E-state index contributed by atoms with van der Waals surface area (Å²) in [5.41, 5.74) is 1.92. The second kappa shape index (κ2) is 10.1. The summed E-state index contributed by atoms with van der Waals surface area (Å²) in [6, 6.07) is 7.63. The number of hydrogen-bond acceptors (Lipinski definition) is 12. The molecule has 13 nitrogen and oxygen atoms in total. The maximum absolute atomic E-state index is 13.2. The van der Waals surface area contributed by atoms with Crippen LogP contribution in [0.2, 0.25) is 5.28 Å². The topological polar surface area (TPSA) is 152 Å². The smallest absolute Gasteiger partial charge is 0.303 e. The average molecular weight is 584 g/mol. The van der Waals surface area contributed by atoms with Gasteiger partial charge in [0, 0.05) is 39.4 Å². The number of aromatic nitrogens is 4. The van der Waals surface area contributed by atoms with Gasteiger partial charge in [0.15, 0.2) is 41.2 Å². The van der Waals surface area contributed by atoms with E-state index < -0.39 is 47.9 Å². The van der Waals surface area contributed by atoms with Crippen molar-refractivity contribution in [3.8, 4) is 0 Å². The Morgan fingerprint density at radius 3 is 2.44 bits per heavy atom. The Balaban J connectivity index is 1.32. The van der Waals surface area contributed by atoms with Crippen molar-refractivity contribution >= 4 is 52.3 Å². The molecule has 4 atom stereocenters. The number of carbonyl (C=O) groups is 4. The first-order chi connectivity index (χ1) is 19.6. The summed E-state index contributed by atoms with van der Waals surface area (Å²) in [4.78, 5) is 63.9. The van der Waals surface area contributed by atoms with E-state index in [4.69, 9.17) is 30.5 Å². The second-order valence-electron chi connectivity index (χ2n) is 10.5. The molecule has 14 heteroatoms. The van der Waals surface area contributed by atoms with Gasteiger partial charge in [-0.15, -0.1) is 0 Å². The van der Waals surface area contributed by atoms with Crippen LogP contribution in [0.3, 0.4) is 0 Å². The molecule has 1 aliphatic carbocycles. The van der Waals surface area contributed by atoms with Gasteiger partial charge in [0.1, 0.15) is 12.7 Å². The fourth-order valence-electron chi connectivity index (χ4n) is 5.92. The van der Waals surface area contributed by atoms with Crippen molar-refractivity contribution in [3.05, 3.63) is 47.0 Å². The average Bonchev–Trinajstić information content (AvgIpc) is 3.53. The molecule has 3 aliphatic rings. The molecule has 0 amide bonds. The van der Waals surface area contributed by atoms with Gasteiger partial charge in [-0.3, -0.25) is 23.7 Å². The molecule has 0 saturated carbocycles. The van der Waals surface area contributed by atoms with Crippen molar-refractivity contribution < 1.29 is 38.1 Å². The first-order valence-corrected chi connectivity index (χ1v) is 13.3. The molecule has 214 valence electrons. The number of ether oxygens (including phenoxy) is 4. The van der Waals surface area contributed by atoms with E-state index in [2.05, 4.69) is 15.0 Å². The minimum atomic E-state index is -1.12. The van der Waals surface area contributed by atoms with Crippen LogP contribution in [0.4, 0.5) is 5.82 Å². The quantitative estimate of drug-likeness (QED) is 0.237. The number of imidazole rings is 1. The molecule has 2 aliphatic heterocycles. The molecule has 2 saturated heterocycles. The molecule has 41 heavy (non-hydrogen) atoms. The number of fused-ring (bicyclic) bond motifs is 2. The monoisotopic (exact) mass is 583 g/mol. The van der Waals surface area contributed by atoms with Crippen molar-refractivity contribution in [1.82, 2.24) is 19.5 Å². The lowest BCUT2D eigenvalue weighted by atomic mass is 9.76. The van der Waals surface area contributed by atoms with Crippen LogP contribution >= 0.6 is 11.6 Å². The highest BCUT2D eigenvalue weighted by Crippen LogP contribution is 2.46. The van der Waals surface area contributed by atoms with Crippen LogP contribution in [0, 0.1) is 5.41 Å². The van der Waals surface area contributed by atoms with Gasteiger partial charge in [0.2, 0.25) is 5.28 Å². The fourth-order valence-corrected chi connectivity index (χ4v) is 6.08. The highest BCUT2D eigenvalue weighted by molar-refractivity contribution is 6.28. The number of Topliss-reactive ketones (excluding diaryl/α,β-unsaturated/α-hetero) is 1. The van der Waals surface area contributed by atoms with E-state index in [1.165, 1.54) is 31.7 Å². The summed E-state index contributed by atoms with van der Waals surface area (Å²) in [5, 5.41) is -0.0636. The number of esters is 3. The van der Waals surface area contributed by atoms with Crippen molar-refractivity contribution in [1.29, 1.82) is 0 Å². The Bertz CT molecular complexity index is 1580. The number of hydrogen-bond donors (Lipinski definition) is 0. The Labute approximate surface area is 238 Å². The van der Waals surface area contributed by atoms with Crippen LogP contribution < -0.4 is 4.90 Å². The molecule has 4 heterocycles. The molecule has 0 bridgehead atoms. The molecule has 0 radical (unpaired) electrons. The number of benzene rings is 1. The Morgan fingerprint density at radius 1 is 1.05 bits per heavy atom. The lowest BCUT2D eigenvalue weighted by Crippen LogP contribution is -2.60. The zero-order valence-electron chi connectivity index (χ0n) is 22.4. The first kappa shape index (κ1) is 27.1. The lowest BCUT2D eigenvalue weighted by molar-refractivity contribution is -0.166. The third-order valence-corrected chi connectivity index (χ3v) is 7.72. The zero-order chi connectivity index (χ0) is 29.1.